The average molecular weight is 275 g/mol. The SMILES string of the molecule is CNc1nc(N)nc2cc(-c3ccccc3C#N)ccc12. The number of hydrogen-bond donors (Lipinski definition) is 2. The van der Waals surface area contributed by atoms with Gasteiger partial charge in [0.2, 0.25) is 5.95 Å². The molecule has 0 saturated heterocycles. The van der Waals surface area contributed by atoms with Crippen LogP contribution in [0.5, 0.6) is 0 Å². The van der Waals surface area contributed by atoms with Gasteiger partial charge in [0.25, 0.3) is 0 Å². The summed E-state index contributed by atoms with van der Waals surface area (Å²) in [5.41, 5.74) is 8.92. The van der Waals surface area contributed by atoms with Gasteiger partial charge in [0, 0.05) is 12.4 Å². The topological polar surface area (TPSA) is 87.6 Å². The Morgan fingerprint density at radius 3 is 2.71 bits per heavy atom. The van der Waals surface area contributed by atoms with E-state index in [0.717, 1.165) is 22.0 Å². The summed E-state index contributed by atoms with van der Waals surface area (Å²) in [6, 6.07) is 15.5. The number of nitrogens with one attached hydrogen (secondary N) is 1. The molecule has 0 saturated carbocycles. The zero-order chi connectivity index (χ0) is 14.8. The van der Waals surface area contributed by atoms with Crippen LogP contribution < -0.4 is 11.1 Å². The summed E-state index contributed by atoms with van der Waals surface area (Å²) >= 11 is 0. The molecular weight excluding hydrogens is 262 g/mol. The van der Waals surface area contributed by atoms with E-state index in [0.29, 0.717) is 11.4 Å². The van der Waals surface area contributed by atoms with Gasteiger partial charge in [-0.3, -0.25) is 0 Å². The molecule has 1 heterocycles. The Balaban J connectivity index is 2.25. The maximum Gasteiger partial charge on any atom is 0.222 e. The molecule has 0 amide bonds. The molecule has 3 aromatic rings. The van der Waals surface area contributed by atoms with Crippen molar-refractivity contribution in [3.63, 3.8) is 0 Å². The van der Waals surface area contributed by atoms with Crippen LogP contribution in [0, 0.1) is 11.3 Å². The number of anilines is 2. The van der Waals surface area contributed by atoms with Gasteiger partial charge in [0.1, 0.15) is 5.82 Å². The number of nitrogen functional groups attached to an aromatic ring is 1. The van der Waals surface area contributed by atoms with Gasteiger partial charge in [0.05, 0.1) is 17.1 Å². The number of benzene rings is 2. The lowest BCUT2D eigenvalue weighted by Crippen LogP contribution is -2.01. The second-order valence-corrected chi connectivity index (χ2v) is 4.57. The normalized spacial score (nSPS) is 10.3. The Bertz CT molecular complexity index is 864. The fourth-order valence-electron chi connectivity index (χ4n) is 2.34. The van der Waals surface area contributed by atoms with Crippen molar-refractivity contribution in [2.24, 2.45) is 0 Å². The second-order valence-electron chi connectivity index (χ2n) is 4.57. The lowest BCUT2D eigenvalue weighted by Gasteiger charge is -2.09. The molecule has 0 atom stereocenters. The summed E-state index contributed by atoms with van der Waals surface area (Å²) in [7, 11) is 1.79. The monoisotopic (exact) mass is 275 g/mol. The van der Waals surface area contributed by atoms with E-state index in [9.17, 15) is 5.26 Å². The van der Waals surface area contributed by atoms with Crippen molar-refractivity contribution in [1.29, 1.82) is 5.26 Å². The summed E-state index contributed by atoms with van der Waals surface area (Å²) in [5, 5.41) is 13.1. The highest BCUT2D eigenvalue weighted by atomic mass is 15.1. The lowest BCUT2D eigenvalue weighted by molar-refractivity contribution is 1.22. The molecule has 0 aliphatic rings. The first-order chi connectivity index (χ1) is 10.2. The third-order valence-corrected chi connectivity index (χ3v) is 3.31. The quantitative estimate of drug-likeness (QED) is 0.750. The molecule has 1 aromatic heterocycles. The van der Waals surface area contributed by atoms with E-state index in [1.807, 2.05) is 36.4 Å². The van der Waals surface area contributed by atoms with Gasteiger partial charge in [-0.25, -0.2) is 4.98 Å². The first-order valence-corrected chi connectivity index (χ1v) is 6.47. The summed E-state index contributed by atoms with van der Waals surface area (Å²) in [6.07, 6.45) is 0. The van der Waals surface area contributed by atoms with Crippen LogP contribution in [-0.4, -0.2) is 17.0 Å². The van der Waals surface area contributed by atoms with Crippen LogP contribution in [0.15, 0.2) is 42.5 Å². The van der Waals surface area contributed by atoms with E-state index in [4.69, 9.17) is 5.73 Å². The van der Waals surface area contributed by atoms with E-state index in [-0.39, 0.29) is 5.95 Å². The zero-order valence-electron chi connectivity index (χ0n) is 11.5. The van der Waals surface area contributed by atoms with Crippen molar-refractivity contribution in [3.8, 4) is 17.2 Å². The Hall–Kier alpha value is -3.13. The number of rotatable bonds is 2. The molecule has 5 nitrogen and oxygen atoms in total. The van der Waals surface area contributed by atoms with Crippen molar-refractivity contribution in [2.45, 2.75) is 0 Å². The fraction of sp³-hybridized carbons (Fsp3) is 0.0625. The van der Waals surface area contributed by atoms with Crippen LogP contribution in [0.4, 0.5) is 11.8 Å². The Morgan fingerprint density at radius 1 is 1.14 bits per heavy atom. The highest BCUT2D eigenvalue weighted by molar-refractivity contribution is 5.93. The predicted octanol–water partition coefficient (Wildman–Crippen LogP) is 2.79. The highest BCUT2D eigenvalue weighted by Gasteiger charge is 2.09. The zero-order valence-corrected chi connectivity index (χ0v) is 11.5. The average Bonchev–Trinajstić information content (AvgIpc) is 2.53. The second kappa shape index (κ2) is 5.10. The smallest absolute Gasteiger partial charge is 0.222 e. The molecular formula is C16H13N5. The molecule has 0 aliphatic carbocycles. The maximum atomic E-state index is 9.21. The van der Waals surface area contributed by atoms with Gasteiger partial charge in [-0.1, -0.05) is 24.3 Å². The number of fused-ring (bicyclic) bond motifs is 1. The van der Waals surface area contributed by atoms with Gasteiger partial charge in [-0.2, -0.15) is 10.2 Å². The third kappa shape index (κ3) is 2.23. The van der Waals surface area contributed by atoms with E-state index in [1.165, 1.54) is 0 Å². The summed E-state index contributed by atoms with van der Waals surface area (Å²) in [4.78, 5) is 8.43. The maximum absolute atomic E-state index is 9.21. The molecule has 0 spiro atoms. The number of hydrogen-bond acceptors (Lipinski definition) is 5. The minimum absolute atomic E-state index is 0.220. The highest BCUT2D eigenvalue weighted by Crippen LogP contribution is 2.28. The minimum Gasteiger partial charge on any atom is -0.372 e. The van der Waals surface area contributed by atoms with E-state index in [1.54, 1.807) is 13.1 Å². The molecule has 102 valence electrons. The minimum atomic E-state index is 0.220. The van der Waals surface area contributed by atoms with Gasteiger partial charge in [0.15, 0.2) is 0 Å². The Labute approximate surface area is 122 Å². The summed E-state index contributed by atoms with van der Waals surface area (Å²) in [5.74, 6) is 0.912. The Kier molecular flexibility index (Phi) is 3.13. The van der Waals surface area contributed by atoms with Gasteiger partial charge in [-0.05, 0) is 29.3 Å². The van der Waals surface area contributed by atoms with Crippen LogP contribution in [0.25, 0.3) is 22.0 Å². The van der Waals surface area contributed by atoms with Crippen molar-refractivity contribution in [3.05, 3.63) is 48.0 Å². The molecule has 3 N–H and O–H groups in total. The van der Waals surface area contributed by atoms with Crippen LogP contribution >= 0.6 is 0 Å². The predicted molar refractivity (Wildman–Crippen MR) is 83.6 cm³/mol. The Morgan fingerprint density at radius 2 is 1.95 bits per heavy atom. The first kappa shape index (κ1) is 12.9. The molecule has 0 radical (unpaired) electrons. The number of nitrogens with two attached hydrogens (primary N) is 1. The van der Waals surface area contributed by atoms with Crippen molar-refractivity contribution in [1.82, 2.24) is 9.97 Å². The number of nitrogens with zero attached hydrogens (tertiary/aromatic N) is 3. The van der Waals surface area contributed by atoms with Crippen LogP contribution in [0.3, 0.4) is 0 Å². The van der Waals surface area contributed by atoms with Crippen molar-refractivity contribution < 1.29 is 0 Å². The molecule has 0 bridgehead atoms. The van der Waals surface area contributed by atoms with E-state index in [2.05, 4.69) is 21.4 Å². The van der Waals surface area contributed by atoms with Gasteiger partial charge >= 0.3 is 0 Å². The molecule has 0 unspecified atom stereocenters. The molecule has 0 fully saturated rings. The summed E-state index contributed by atoms with van der Waals surface area (Å²) in [6.45, 7) is 0. The first-order valence-electron chi connectivity index (χ1n) is 6.47. The number of aromatic nitrogens is 2. The molecule has 3 rings (SSSR count). The number of nitriles is 1. The van der Waals surface area contributed by atoms with Crippen LogP contribution in [0.1, 0.15) is 5.56 Å². The standard InChI is InChI=1S/C16H13N5/c1-19-15-13-7-6-10(8-14(13)20-16(18)21-15)12-5-3-2-4-11(12)9-17/h2-8H,1H3,(H3,18,19,20,21). The van der Waals surface area contributed by atoms with E-state index >= 15 is 0 Å². The molecule has 2 aromatic carbocycles. The largest absolute Gasteiger partial charge is 0.372 e. The third-order valence-electron chi connectivity index (χ3n) is 3.31. The van der Waals surface area contributed by atoms with Crippen LogP contribution in [-0.2, 0) is 0 Å². The van der Waals surface area contributed by atoms with Crippen molar-refractivity contribution in [2.75, 3.05) is 18.1 Å². The molecule has 21 heavy (non-hydrogen) atoms. The summed E-state index contributed by atoms with van der Waals surface area (Å²) < 4.78 is 0. The lowest BCUT2D eigenvalue weighted by atomic mass is 9.99. The van der Waals surface area contributed by atoms with Gasteiger partial charge in [-0.15, -0.1) is 0 Å². The fourth-order valence-corrected chi connectivity index (χ4v) is 2.34. The van der Waals surface area contributed by atoms with Crippen LogP contribution in [0.2, 0.25) is 0 Å². The van der Waals surface area contributed by atoms with Crippen molar-refractivity contribution >= 4 is 22.7 Å². The van der Waals surface area contributed by atoms with E-state index < -0.39 is 0 Å². The molecule has 0 aliphatic heterocycles. The molecule has 5 heteroatoms. The van der Waals surface area contributed by atoms with Gasteiger partial charge < -0.3 is 11.1 Å².